The maximum absolute atomic E-state index is 12.0. The molecule has 0 radical (unpaired) electrons. The minimum absolute atomic E-state index is 0.0298. The predicted octanol–water partition coefficient (Wildman–Crippen LogP) is 1.67. The molecule has 0 unspecified atom stereocenters. The minimum Gasteiger partial charge on any atom is -0.329 e. The summed E-state index contributed by atoms with van der Waals surface area (Å²) in [7, 11) is -3.42. The molecule has 0 fully saturated rings. The molecule has 6 heteroatoms. The van der Waals surface area contributed by atoms with Crippen LogP contribution in [0.25, 0.3) is 0 Å². The van der Waals surface area contributed by atoms with Crippen LogP contribution in [0.2, 0.25) is 0 Å². The number of rotatable bonds is 4. The molecule has 0 bridgehead atoms. The van der Waals surface area contributed by atoms with Gasteiger partial charge in [-0.2, -0.15) is 0 Å². The fraction of sp³-hybridized carbons (Fsp3) is 0.636. The van der Waals surface area contributed by atoms with Gasteiger partial charge in [-0.3, -0.25) is 0 Å². The zero-order valence-electron chi connectivity index (χ0n) is 10.6. The Kier molecular flexibility index (Phi) is 4.35. The minimum atomic E-state index is -3.42. The number of hydrogen-bond donors (Lipinski definition) is 2. The summed E-state index contributed by atoms with van der Waals surface area (Å²) in [5.74, 6) is 0. The fourth-order valence-corrected chi connectivity index (χ4v) is 3.88. The van der Waals surface area contributed by atoms with Crippen LogP contribution >= 0.6 is 11.3 Å². The van der Waals surface area contributed by atoms with E-state index < -0.39 is 10.0 Å². The van der Waals surface area contributed by atoms with Crippen molar-refractivity contribution in [2.75, 3.05) is 6.54 Å². The summed E-state index contributed by atoms with van der Waals surface area (Å²) < 4.78 is 26.9. The molecule has 1 rings (SSSR count). The van der Waals surface area contributed by atoms with Gasteiger partial charge in [-0.15, -0.1) is 11.3 Å². The first-order valence-electron chi connectivity index (χ1n) is 5.49. The molecule has 1 heterocycles. The number of hydrogen-bond acceptors (Lipinski definition) is 4. The van der Waals surface area contributed by atoms with E-state index in [0.717, 1.165) is 4.88 Å². The average Bonchev–Trinajstić information content (AvgIpc) is 2.65. The maximum Gasteiger partial charge on any atom is 0.250 e. The van der Waals surface area contributed by atoms with E-state index in [9.17, 15) is 8.42 Å². The summed E-state index contributed by atoms with van der Waals surface area (Å²) in [5, 5.41) is 0. The molecule has 98 valence electrons. The van der Waals surface area contributed by atoms with Crippen molar-refractivity contribution in [3.8, 4) is 0 Å². The molecular weight excluding hydrogens is 256 g/mol. The summed E-state index contributed by atoms with van der Waals surface area (Å²) in [6, 6.07) is 3.27. The number of sulfonamides is 1. The molecule has 1 aromatic rings. The smallest absolute Gasteiger partial charge is 0.250 e. The van der Waals surface area contributed by atoms with Crippen LogP contribution in [0.15, 0.2) is 16.3 Å². The van der Waals surface area contributed by atoms with Crippen molar-refractivity contribution < 1.29 is 8.42 Å². The molecule has 1 aromatic heterocycles. The second kappa shape index (κ2) is 5.06. The standard InChI is InChI=1S/C11H20N2O2S2/c1-8(7-12)13-17(14,15)10-6-5-9(16-10)11(2,3)4/h5-6,8,13H,7,12H2,1-4H3/t8-/m0/s1. The molecule has 1 atom stereocenters. The van der Waals surface area contributed by atoms with Crippen molar-refractivity contribution in [2.24, 2.45) is 5.73 Å². The van der Waals surface area contributed by atoms with Crippen LogP contribution in [0.1, 0.15) is 32.6 Å². The van der Waals surface area contributed by atoms with Gasteiger partial charge in [0.2, 0.25) is 10.0 Å². The quantitative estimate of drug-likeness (QED) is 0.878. The topological polar surface area (TPSA) is 72.2 Å². The van der Waals surface area contributed by atoms with Crippen molar-refractivity contribution in [3.63, 3.8) is 0 Å². The fourth-order valence-electron chi connectivity index (χ4n) is 1.24. The third-order valence-electron chi connectivity index (χ3n) is 2.30. The second-order valence-electron chi connectivity index (χ2n) is 5.13. The van der Waals surface area contributed by atoms with Crippen LogP contribution in [0.3, 0.4) is 0 Å². The van der Waals surface area contributed by atoms with E-state index >= 15 is 0 Å². The normalized spacial score (nSPS) is 14.9. The highest BCUT2D eigenvalue weighted by Crippen LogP contribution is 2.31. The highest BCUT2D eigenvalue weighted by Gasteiger charge is 2.22. The average molecular weight is 276 g/mol. The molecule has 17 heavy (non-hydrogen) atoms. The highest BCUT2D eigenvalue weighted by molar-refractivity contribution is 7.91. The first kappa shape index (κ1) is 14.6. The van der Waals surface area contributed by atoms with Gasteiger partial charge in [0, 0.05) is 17.5 Å². The van der Waals surface area contributed by atoms with Crippen LogP contribution in [-0.2, 0) is 15.4 Å². The van der Waals surface area contributed by atoms with E-state index in [4.69, 9.17) is 5.73 Å². The Morgan fingerprint density at radius 1 is 1.41 bits per heavy atom. The summed E-state index contributed by atoms with van der Waals surface area (Å²) >= 11 is 1.31. The second-order valence-corrected chi connectivity index (χ2v) is 8.15. The zero-order chi connectivity index (χ0) is 13.3. The van der Waals surface area contributed by atoms with Gasteiger partial charge >= 0.3 is 0 Å². The first-order chi connectivity index (χ1) is 7.66. The number of nitrogens with two attached hydrogens (primary N) is 1. The van der Waals surface area contributed by atoms with Crippen molar-refractivity contribution in [1.29, 1.82) is 0 Å². The van der Waals surface area contributed by atoms with Gasteiger partial charge in [-0.05, 0) is 24.5 Å². The number of thiophene rings is 1. The van der Waals surface area contributed by atoms with Gasteiger partial charge in [0.1, 0.15) is 4.21 Å². The zero-order valence-corrected chi connectivity index (χ0v) is 12.3. The highest BCUT2D eigenvalue weighted by atomic mass is 32.2. The molecule has 0 aliphatic rings. The summed E-state index contributed by atoms with van der Waals surface area (Å²) in [4.78, 5) is 1.05. The van der Waals surface area contributed by atoms with Crippen LogP contribution in [0, 0.1) is 0 Å². The van der Waals surface area contributed by atoms with Gasteiger partial charge < -0.3 is 5.73 Å². The van der Waals surface area contributed by atoms with E-state index in [0.29, 0.717) is 4.21 Å². The van der Waals surface area contributed by atoms with Crippen molar-refractivity contribution in [3.05, 3.63) is 17.0 Å². The van der Waals surface area contributed by atoms with E-state index in [1.54, 1.807) is 13.0 Å². The van der Waals surface area contributed by atoms with E-state index in [1.807, 2.05) is 6.07 Å². The molecule has 0 aromatic carbocycles. The molecule has 0 saturated carbocycles. The molecule has 0 spiro atoms. The Labute approximate surface area is 107 Å². The molecule has 0 aliphatic heterocycles. The molecular formula is C11H20N2O2S2. The van der Waals surface area contributed by atoms with Crippen LogP contribution in [-0.4, -0.2) is 21.0 Å². The van der Waals surface area contributed by atoms with Gasteiger partial charge in [0.05, 0.1) is 0 Å². The lowest BCUT2D eigenvalue weighted by atomic mass is 9.95. The van der Waals surface area contributed by atoms with Gasteiger partial charge in [0.25, 0.3) is 0 Å². The Bertz CT molecular complexity index is 472. The summed E-state index contributed by atoms with van der Waals surface area (Å²) in [6.07, 6.45) is 0. The third kappa shape index (κ3) is 3.77. The molecule has 3 N–H and O–H groups in total. The van der Waals surface area contributed by atoms with E-state index in [2.05, 4.69) is 25.5 Å². The largest absolute Gasteiger partial charge is 0.329 e. The maximum atomic E-state index is 12.0. The predicted molar refractivity (Wildman–Crippen MR) is 71.9 cm³/mol. The SMILES string of the molecule is C[C@@H](CN)NS(=O)(=O)c1ccc(C(C)(C)C)s1. The van der Waals surface area contributed by atoms with Crippen LogP contribution < -0.4 is 10.5 Å². The number of nitrogens with one attached hydrogen (secondary N) is 1. The lowest BCUT2D eigenvalue weighted by Crippen LogP contribution is -2.37. The Morgan fingerprint density at radius 3 is 2.41 bits per heavy atom. The van der Waals surface area contributed by atoms with Crippen LogP contribution in [0.5, 0.6) is 0 Å². The Balaban J connectivity index is 2.97. The van der Waals surface area contributed by atoms with Gasteiger partial charge in [-0.1, -0.05) is 20.8 Å². The summed E-state index contributed by atoms with van der Waals surface area (Å²) in [6.45, 7) is 8.22. The van der Waals surface area contributed by atoms with Crippen molar-refractivity contribution in [1.82, 2.24) is 4.72 Å². The first-order valence-corrected chi connectivity index (χ1v) is 7.79. The molecule has 0 saturated heterocycles. The molecule has 4 nitrogen and oxygen atoms in total. The molecule has 0 amide bonds. The van der Waals surface area contributed by atoms with Gasteiger partial charge in [-0.25, -0.2) is 13.1 Å². The van der Waals surface area contributed by atoms with Crippen molar-refractivity contribution in [2.45, 2.75) is 43.4 Å². The lowest BCUT2D eigenvalue weighted by molar-refractivity contribution is 0.564. The van der Waals surface area contributed by atoms with E-state index in [-0.39, 0.29) is 18.0 Å². The summed E-state index contributed by atoms with van der Waals surface area (Å²) in [5.41, 5.74) is 5.38. The lowest BCUT2D eigenvalue weighted by Gasteiger charge is -2.15. The Morgan fingerprint density at radius 2 is 2.00 bits per heavy atom. The van der Waals surface area contributed by atoms with Crippen molar-refractivity contribution >= 4 is 21.4 Å². The molecule has 0 aliphatic carbocycles. The van der Waals surface area contributed by atoms with Crippen LogP contribution in [0.4, 0.5) is 0 Å². The third-order valence-corrected chi connectivity index (χ3v) is 5.89. The van der Waals surface area contributed by atoms with E-state index in [1.165, 1.54) is 11.3 Å². The van der Waals surface area contributed by atoms with Gasteiger partial charge in [0.15, 0.2) is 0 Å². The Hall–Kier alpha value is -0.430. The monoisotopic (exact) mass is 276 g/mol.